The van der Waals surface area contributed by atoms with Crippen LogP contribution in [0, 0.1) is 0 Å². The van der Waals surface area contributed by atoms with Crippen molar-refractivity contribution in [1.29, 1.82) is 0 Å². The molecule has 0 bridgehead atoms. The Kier molecular flexibility index (Phi) is 6.63. The normalized spacial score (nSPS) is 23.8. The van der Waals surface area contributed by atoms with Gasteiger partial charge in [-0.15, -0.1) is 0 Å². The summed E-state index contributed by atoms with van der Waals surface area (Å²) >= 11 is 0. The highest BCUT2D eigenvalue weighted by Gasteiger charge is 2.23. The van der Waals surface area contributed by atoms with Gasteiger partial charge in [-0.2, -0.15) is 0 Å². The second-order valence-corrected chi connectivity index (χ2v) is 6.93. The van der Waals surface area contributed by atoms with Crippen LogP contribution < -0.4 is 0 Å². The summed E-state index contributed by atoms with van der Waals surface area (Å²) in [5.41, 5.74) is 2.69. The van der Waals surface area contributed by atoms with Crippen LogP contribution in [0.5, 0.6) is 0 Å². The van der Waals surface area contributed by atoms with Gasteiger partial charge in [-0.05, 0) is 30.4 Å². The van der Waals surface area contributed by atoms with E-state index in [0.717, 1.165) is 52.0 Å². The molecule has 1 aliphatic heterocycles. The van der Waals surface area contributed by atoms with Gasteiger partial charge in [-0.25, -0.2) is 0 Å². The second kappa shape index (κ2) is 8.92. The Bertz CT molecular complexity index is 503. The molecule has 1 heterocycles. The molecule has 1 saturated heterocycles. The van der Waals surface area contributed by atoms with Gasteiger partial charge in [0.15, 0.2) is 0 Å². The third-order valence-electron chi connectivity index (χ3n) is 5.15. The Morgan fingerprint density at radius 2 is 1.88 bits per heavy atom. The fraction of sp³-hybridized carbons (Fsp3) is 0.684. The van der Waals surface area contributed by atoms with Gasteiger partial charge in [0.05, 0.1) is 25.4 Å². The summed E-state index contributed by atoms with van der Waals surface area (Å²) in [4.78, 5) is 4.55. The molecule has 0 aromatic heterocycles. The fourth-order valence-electron chi connectivity index (χ4n) is 3.80. The number of fused-ring (bicyclic) bond motifs is 1. The monoisotopic (exact) mass is 334 g/mol. The highest BCUT2D eigenvalue weighted by Crippen LogP contribution is 2.32. The van der Waals surface area contributed by atoms with Gasteiger partial charge in [0.2, 0.25) is 0 Å². The molecular formula is C19H30N2O3. The predicted octanol–water partition coefficient (Wildman–Crippen LogP) is 1.05. The minimum atomic E-state index is -0.441. The lowest BCUT2D eigenvalue weighted by Gasteiger charge is -2.35. The number of β-amino-alcohol motifs (C(OH)–C–C–N with tert-alkyl or cyclic N) is 2. The van der Waals surface area contributed by atoms with Gasteiger partial charge in [0, 0.05) is 39.3 Å². The molecule has 0 amide bonds. The van der Waals surface area contributed by atoms with E-state index >= 15 is 0 Å². The number of hydrogen-bond donors (Lipinski definition) is 2. The van der Waals surface area contributed by atoms with Crippen LogP contribution in [0.4, 0.5) is 0 Å². The van der Waals surface area contributed by atoms with Crippen molar-refractivity contribution in [2.75, 3.05) is 52.5 Å². The summed E-state index contributed by atoms with van der Waals surface area (Å²) in [5, 5.41) is 19.3. The van der Waals surface area contributed by atoms with Gasteiger partial charge >= 0.3 is 0 Å². The maximum atomic E-state index is 10.3. The van der Waals surface area contributed by atoms with Crippen LogP contribution >= 0.6 is 0 Å². The number of hydrogen-bond acceptors (Lipinski definition) is 5. The average molecular weight is 334 g/mol. The smallest absolute Gasteiger partial charge is 0.0900 e. The number of aliphatic hydroxyl groups excluding tert-OH is 2. The molecule has 2 N–H and O–H groups in total. The summed E-state index contributed by atoms with van der Waals surface area (Å²) in [6.07, 6.45) is 3.03. The van der Waals surface area contributed by atoms with Gasteiger partial charge in [0.1, 0.15) is 0 Å². The summed E-state index contributed by atoms with van der Waals surface area (Å²) in [7, 11) is 0. The van der Waals surface area contributed by atoms with E-state index in [1.54, 1.807) is 0 Å². The summed E-state index contributed by atoms with van der Waals surface area (Å²) in [6, 6.07) is 8.51. The number of benzene rings is 1. The largest absolute Gasteiger partial charge is 0.395 e. The molecule has 5 nitrogen and oxygen atoms in total. The van der Waals surface area contributed by atoms with Gasteiger partial charge in [-0.3, -0.25) is 9.80 Å². The Morgan fingerprint density at radius 1 is 1.12 bits per heavy atom. The molecular weight excluding hydrogens is 304 g/mol. The lowest BCUT2D eigenvalue weighted by atomic mass is 9.89. The number of aliphatic hydroxyl groups is 2. The van der Waals surface area contributed by atoms with E-state index in [2.05, 4.69) is 34.1 Å². The zero-order chi connectivity index (χ0) is 16.8. The van der Waals surface area contributed by atoms with E-state index in [-0.39, 0.29) is 12.7 Å². The Balaban J connectivity index is 1.41. The Morgan fingerprint density at radius 3 is 2.67 bits per heavy atom. The fourth-order valence-corrected chi connectivity index (χ4v) is 3.80. The van der Waals surface area contributed by atoms with E-state index in [1.165, 1.54) is 11.1 Å². The van der Waals surface area contributed by atoms with Crippen LogP contribution in [0.3, 0.4) is 0 Å². The highest BCUT2D eigenvalue weighted by atomic mass is 16.5. The van der Waals surface area contributed by atoms with Crippen molar-refractivity contribution in [2.45, 2.75) is 31.5 Å². The van der Waals surface area contributed by atoms with E-state index in [9.17, 15) is 5.11 Å². The maximum absolute atomic E-state index is 10.3. The van der Waals surface area contributed by atoms with Crippen LogP contribution in [-0.4, -0.2) is 78.6 Å². The maximum Gasteiger partial charge on any atom is 0.0900 e. The van der Waals surface area contributed by atoms with Crippen molar-refractivity contribution in [1.82, 2.24) is 9.80 Å². The summed E-state index contributed by atoms with van der Waals surface area (Å²) in [6.45, 7) is 5.86. The Labute approximate surface area is 144 Å². The first-order valence-corrected chi connectivity index (χ1v) is 9.19. The molecule has 0 radical (unpaired) electrons. The summed E-state index contributed by atoms with van der Waals surface area (Å²) < 4.78 is 6.05. The molecule has 2 aliphatic rings. The van der Waals surface area contributed by atoms with Crippen LogP contribution in [0.2, 0.25) is 0 Å². The van der Waals surface area contributed by atoms with Crippen molar-refractivity contribution >= 4 is 0 Å². The van der Waals surface area contributed by atoms with E-state index < -0.39 is 6.10 Å². The number of aryl methyl sites for hydroxylation is 1. The molecule has 2 atom stereocenters. The van der Waals surface area contributed by atoms with E-state index in [4.69, 9.17) is 9.84 Å². The van der Waals surface area contributed by atoms with E-state index in [1.807, 2.05) is 0 Å². The number of rotatable bonds is 7. The average Bonchev–Trinajstić information content (AvgIpc) is 2.62. The molecule has 0 unspecified atom stereocenters. The SMILES string of the molecule is OCCN1CCN(C[C@H](O)CO[C@H]2CCCc3ccccc32)CC1. The first-order valence-electron chi connectivity index (χ1n) is 9.19. The standard InChI is InChI=1S/C19H30N2O3/c22-13-12-20-8-10-21(11-9-20)14-17(23)15-24-19-7-3-5-16-4-1-2-6-18(16)19/h1-2,4,6,17,19,22-23H,3,5,7-15H2/t17-,19-/m0/s1. The Hall–Kier alpha value is -0.980. The molecule has 3 rings (SSSR count). The minimum Gasteiger partial charge on any atom is -0.395 e. The third-order valence-corrected chi connectivity index (χ3v) is 5.15. The molecule has 1 aromatic carbocycles. The molecule has 24 heavy (non-hydrogen) atoms. The summed E-state index contributed by atoms with van der Waals surface area (Å²) in [5.74, 6) is 0. The topological polar surface area (TPSA) is 56.2 Å². The molecule has 1 aliphatic carbocycles. The first kappa shape index (κ1) is 17.8. The molecule has 0 saturated carbocycles. The van der Waals surface area contributed by atoms with Gasteiger partial charge in [-0.1, -0.05) is 24.3 Å². The van der Waals surface area contributed by atoms with Crippen LogP contribution in [-0.2, 0) is 11.2 Å². The zero-order valence-corrected chi connectivity index (χ0v) is 14.4. The number of piperazine rings is 1. The van der Waals surface area contributed by atoms with Crippen molar-refractivity contribution < 1.29 is 14.9 Å². The quantitative estimate of drug-likeness (QED) is 0.781. The highest BCUT2D eigenvalue weighted by molar-refractivity contribution is 5.31. The van der Waals surface area contributed by atoms with Crippen molar-refractivity contribution in [2.24, 2.45) is 0 Å². The van der Waals surface area contributed by atoms with Crippen molar-refractivity contribution in [3.05, 3.63) is 35.4 Å². The zero-order valence-electron chi connectivity index (χ0n) is 14.4. The van der Waals surface area contributed by atoms with Gasteiger partial charge in [0.25, 0.3) is 0 Å². The van der Waals surface area contributed by atoms with Crippen molar-refractivity contribution in [3.8, 4) is 0 Å². The minimum absolute atomic E-state index is 0.131. The van der Waals surface area contributed by atoms with Gasteiger partial charge < -0.3 is 14.9 Å². The predicted molar refractivity (Wildman–Crippen MR) is 94.0 cm³/mol. The molecule has 134 valence electrons. The van der Waals surface area contributed by atoms with Crippen LogP contribution in [0.1, 0.15) is 30.1 Å². The first-order chi connectivity index (χ1) is 11.8. The van der Waals surface area contributed by atoms with Crippen molar-refractivity contribution in [3.63, 3.8) is 0 Å². The van der Waals surface area contributed by atoms with E-state index in [0.29, 0.717) is 13.2 Å². The molecule has 1 fully saturated rings. The lowest BCUT2D eigenvalue weighted by molar-refractivity contribution is -0.0325. The van der Waals surface area contributed by atoms with Crippen LogP contribution in [0.15, 0.2) is 24.3 Å². The molecule has 5 heteroatoms. The molecule has 0 spiro atoms. The molecule has 1 aromatic rings. The number of ether oxygens (including phenoxy) is 1. The van der Waals surface area contributed by atoms with Crippen LogP contribution in [0.25, 0.3) is 0 Å². The second-order valence-electron chi connectivity index (χ2n) is 6.93. The lowest BCUT2D eigenvalue weighted by Crippen LogP contribution is -2.49. The third kappa shape index (κ3) is 4.77. The number of nitrogens with zero attached hydrogens (tertiary/aromatic N) is 2.